The van der Waals surface area contributed by atoms with Crippen molar-refractivity contribution in [2.45, 2.75) is 52.8 Å². The predicted octanol–water partition coefficient (Wildman–Crippen LogP) is 4.85. The van der Waals surface area contributed by atoms with Crippen LogP contribution in [0.1, 0.15) is 54.4 Å². The highest BCUT2D eigenvalue weighted by atomic mass is 19.4. The molecule has 0 fully saturated rings. The summed E-state index contributed by atoms with van der Waals surface area (Å²) in [4.78, 5) is 15.3. The first kappa shape index (κ1) is 21.1. The van der Waals surface area contributed by atoms with Gasteiger partial charge in [0.2, 0.25) is 5.82 Å². The van der Waals surface area contributed by atoms with Crippen LogP contribution in [-0.4, -0.2) is 31.0 Å². The summed E-state index contributed by atoms with van der Waals surface area (Å²) in [5.74, 6) is -1.67. The second-order valence-corrected chi connectivity index (χ2v) is 8.42. The summed E-state index contributed by atoms with van der Waals surface area (Å²) < 4.78 is 47.9. The molecule has 4 rings (SSSR count). The fourth-order valence-electron chi connectivity index (χ4n) is 3.97. The van der Waals surface area contributed by atoms with Gasteiger partial charge in [0.15, 0.2) is 5.69 Å². The molecule has 2 aromatic heterocycles. The maximum atomic E-state index is 13.6. The van der Waals surface area contributed by atoms with Crippen molar-refractivity contribution in [1.82, 2.24) is 19.9 Å². The van der Waals surface area contributed by atoms with Gasteiger partial charge in [0.1, 0.15) is 0 Å². The van der Waals surface area contributed by atoms with E-state index in [1.807, 2.05) is 11.6 Å². The fraction of sp³-hybridized carbons (Fsp3) is 0.429. The maximum Gasteiger partial charge on any atom is 0.417 e. The third-order valence-corrected chi connectivity index (χ3v) is 5.61. The lowest BCUT2D eigenvalue weighted by molar-refractivity contribution is -0.137. The number of carboxylic acids is 1. The van der Waals surface area contributed by atoms with Gasteiger partial charge in [-0.25, -0.2) is 4.79 Å². The molecule has 0 bridgehead atoms. The topological polar surface area (TPSA) is 94.0 Å². The third-order valence-electron chi connectivity index (χ3n) is 5.61. The minimum atomic E-state index is -4.78. The minimum absolute atomic E-state index is 0.0496. The normalized spacial score (nSPS) is 15.7. The molecule has 0 amide bonds. The second-order valence-electron chi connectivity index (χ2n) is 8.42. The van der Waals surface area contributed by atoms with Crippen LogP contribution in [0, 0.1) is 5.41 Å². The molecule has 0 saturated carbocycles. The molecule has 1 aliphatic carbocycles. The molecule has 31 heavy (non-hydrogen) atoms. The molecule has 0 saturated heterocycles. The Morgan fingerprint density at radius 2 is 2.06 bits per heavy atom. The lowest BCUT2D eigenvalue weighted by Crippen LogP contribution is -2.24. The summed E-state index contributed by atoms with van der Waals surface area (Å²) in [7, 11) is 0. The van der Waals surface area contributed by atoms with Crippen LogP contribution in [-0.2, 0) is 25.6 Å². The van der Waals surface area contributed by atoms with E-state index in [0.29, 0.717) is 18.3 Å². The van der Waals surface area contributed by atoms with Crippen LogP contribution < -0.4 is 0 Å². The summed E-state index contributed by atoms with van der Waals surface area (Å²) >= 11 is 0. The maximum absolute atomic E-state index is 13.6. The Hall–Kier alpha value is -3.17. The van der Waals surface area contributed by atoms with Crippen molar-refractivity contribution >= 4 is 5.97 Å². The quantitative estimate of drug-likeness (QED) is 0.631. The first-order valence-corrected chi connectivity index (χ1v) is 9.87. The van der Waals surface area contributed by atoms with E-state index < -0.39 is 23.3 Å². The van der Waals surface area contributed by atoms with Gasteiger partial charge in [0, 0.05) is 23.4 Å². The Balaban J connectivity index is 1.79. The number of alkyl halides is 3. The second kappa shape index (κ2) is 7.21. The lowest BCUT2D eigenvalue weighted by atomic mass is 9.76. The van der Waals surface area contributed by atoms with Gasteiger partial charge in [-0.15, -0.1) is 0 Å². The van der Waals surface area contributed by atoms with Gasteiger partial charge >= 0.3 is 12.1 Å². The number of halogens is 3. The van der Waals surface area contributed by atoms with Gasteiger partial charge in [-0.2, -0.15) is 23.3 Å². The SMILES string of the molecule is CCn1nc(-c2nc(-c3ccc(C(=O)O)cc3C(F)(F)F)no2)c2c1CC(C)(C)CC2. The Bertz CT molecular complexity index is 1160. The molecule has 0 aliphatic heterocycles. The van der Waals surface area contributed by atoms with Gasteiger partial charge in [-0.05, 0) is 49.8 Å². The number of carboxylic acid groups (broad SMARTS) is 1. The van der Waals surface area contributed by atoms with Gasteiger partial charge in [0.05, 0.1) is 11.1 Å². The molecular weight excluding hydrogens is 413 g/mol. The highest BCUT2D eigenvalue weighted by molar-refractivity contribution is 5.89. The highest BCUT2D eigenvalue weighted by Crippen LogP contribution is 2.40. The third kappa shape index (κ3) is 3.82. The molecule has 1 N–H and O–H groups in total. The number of aromatic nitrogens is 4. The lowest BCUT2D eigenvalue weighted by Gasteiger charge is -2.30. The number of aromatic carboxylic acids is 1. The molecule has 0 radical (unpaired) electrons. The monoisotopic (exact) mass is 434 g/mol. The summed E-state index contributed by atoms with van der Waals surface area (Å²) in [5, 5.41) is 17.4. The molecule has 164 valence electrons. The molecule has 0 unspecified atom stereocenters. The molecule has 1 aromatic carbocycles. The molecule has 1 aliphatic rings. The Morgan fingerprint density at radius 3 is 2.71 bits per heavy atom. The number of hydrogen-bond donors (Lipinski definition) is 1. The number of nitrogens with zero attached hydrogens (tertiary/aromatic N) is 4. The predicted molar refractivity (Wildman–Crippen MR) is 104 cm³/mol. The molecule has 2 heterocycles. The van der Waals surface area contributed by atoms with Gasteiger partial charge in [0.25, 0.3) is 5.89 Å². The van der Waals surface area contributed by atoms with Crippen molar-refractivity contribution in [3.05, 3.63) is 40.6 Å². The largest absolute Gasteiger partial charge is 0.478 e. The first-order chi connectivity index (χ1) is 14.5. The molecule has 7 nitrogen and oxygen atoms in total. The fourth-order valence-corrected chi connectivity index (χ4v) is 3.97. The van der Waals surface area contributed by atoms with Gasteiger partial charge in [-0.1, -0.05) is 19.0 Å². The summed E-state index contributed by atoms with van der Waals surface area (Å²) in [6.07, 6.45) is -2.25. The van der Waals surface area contributed by atoms with Crippen LogP contribution in [0.5, 0.6) is 0 Å². The van der Waals surface area contributed by atoms with Crippen LogP contribution >= 0.6 is 0 Å². The van der Waals surface area contributed by atoms with E-state index in [0.717, 1.165) is 42.7 Å². The highest BCUT2D eigenvalue weighted by Gasteiger charge is 2.37. The van der Waals surface area contributed by atoms with E-state index in [-0.39, 0.29) is 22.7 Å². The zero-order valence-corrected chi connectivity index (χ0v) is 17.2. The van der Waals surface area contributed by atoms with Crippen LogP contribution in [0.4, 0.5) is 13.2 Å². The van der Waals surface area contributed by atoms with Crippen molar-refractivity contribution in [1.29, 1.82) is 0 Å². The zero-order chi connectivity index (χ0) is 22.6. The number of carbonyl (C=O) groups is 1. The standard InChI is InChI=1S/C21H21F3N4O3/c1-4-28-15-10-20(2,3)8-7-13(15)16(26-28)18-25-17(27-31-18)12-6-5-11(19(29)30)9-14(12)21(22,23)24/h5-6,9H,4,7-8,10H2,1-3H3,(H,29,30). The number of benzene rings is 1. The zero-order valence-electron chi connectivity index (χ0n) is 17.2. The van der Waals surface area contributed by atoms with Crippen molar-refractivity contribution in [2.75, 3.05) is 0 Å². The average molecular weight is 434 g/mol. The van der Waals surface area contributed by atoms with Gasteiger partial charge in [-0.3, -0.25) is 4.68 Å². The number of hydrogen-bond acceptors (Lipinski definition) is 5. The number of rotatable bonds is 4. The molecular formula is C21H21F3N4O3. The Morgan fingerprint density at radius 1 is 1.32 bits per heavy atom. The molecule has 10 heteroatoms. The first-order valence-electron chi connectivity index (χ1n) is 9.87. The average Bonchev–Trinajstić information content (AvgIpc) is 3.30. The molecule has 0 spiro atoms. The van der Waals surface area contributed by atoms with Crippen molar-refractivity contribution < 1.29 is 27.6 Å². The summed E-state index contributed by atoms with van der Waals surface area (Å²) in [6.45, 7) is 6.99. The summed E-state index contributed by atoms with van der Waals surface area (Å²) in [6, 6.07) is 2.70. The van der Waals surface area contributed by atoms with Gasteiger partial charge < -0.3 is 9.63 Å². The smallest absolute Gasteiger partial charge is 0.417 e. The number of fused-ring (bicyclic) bond motifs is 1. The van der Waals surface area contributed by atoms with E-state index in [9.17, 15) is 18.0 Å². The van der Waals surface area contributed by atoms with E-state index in [4.69, 9.17) is 9.63 Å². The summed E-state index contributed by atoms with van der Waals surface area (Å²) in [5.41, 5.74) is 0.717. The van der Waals surface area contributed by atoms with Crippen molar-refractivity contribution in [3.8, 4) is 23.0 Å². The van der Waals surface area contributed by atoms with Crippen LogP contribution in [0.3, 0.4) is 0 Å². The van der Waals surface area contributed by atoms with E-state index in [1.54, 1.807) is 0 Å². The molecule has 3 aromatic rings. The van der Waals surface area contributed by atoms with E-state index >= 15 is 0 Å². The van der Waals surface area contributed by atoms with E-state index in [1.165, 1.54) is 0 Å². The van der Waals surface area contributed by atoms with Crippen LogP contribution in [0.15, 0.2) is 22.7 Å². The number of aryl methyl sites for hydroxylation is 1. The van der Waals surface area contributed by atoms with Crippen molar-refractivity contribution in [3.63, 3.8) is 0 Å². The Labute approximate surface area is 175 Å². The van der Waals surface area contributed by atoms with E-state index in [2.05, 4.69) is 29.1 Å². The van der Waals surface area contributed by atoms with Crippen LogP contribution in [0.2, 0.25) is 0 Å². The molecule has 0 atom stereocenters. The van der Waals surface area contributed by atoms with Crippen molar-refractivity contribution in [2.24, 2.45) is 5.41 Å². The Kier molecular flexibility index (Phi) is 4.90. The minimum Gasteiger partial charge on any atom is -0.478 e. The van der Waals surface area contributed by atoms with Crippen LogP contribution in [0.25, 0.3) is 23.0 Å².